The van der Waals surface area contributed by atoms with Crippen LogP contribution in [0, 0.1) is 18.6 Å². The summed E-state index contributed by atoms with van der Waals surface area (Å²) < 4.78 is 27.4. The molecule has 1 heterocycles. The van der Waals surface area contributed by atoms with Gasteiger partial charge < -0.3 is 4.97 Å². The minimum absolute atomic E-state index is 0.243. The molecule has 0 amide bonds. The molecule has 0 aliphatic carbocycles. The van der Waals surface area contributed by atoms with Crippen LogP contribution in [0.1, 0.15) is 5.56 Å². The molecule has 0 saturated carbocycles. The van der Waals surface area contributed by atoms with Crippen LogP contribution in [0.15, 0.2) is 36.4 Å². The number of hydrogen-bond acceptors (Lipinski definition) is 2. The SMILES string of the molecule is Cc1ccc(N2[B]CCO2)c(-c2cc(F)ccc2F)c1. The highest BCUT2D eigenvalue weighted by molar-refractivity contribution is 6.41. The van der Waals surface area contributed by atoms with Crippen molar-refractivity contribution in [2.45, 2.75) is 13.2 Å². The van der Waals surface area contributed by atoms with Gasteiger partial charge in [-0.05, 0) is 43.6 Å². The molecule has 1 aliphatic heterocycles. The predicted octanol–water partition coefficient (Wildman–Crippen LogP) is 3.73. The minimum Gasteiger partial charge on any atom is -0.306 e. The molecule has 5 heteroatoms. The van der Waals surface area contributed by atoms with Crippen LogP contribution in [0.4, 0.5) is 14.5 Å². The van der Waals surface area contributed by atoms with Crippen LogP contribution in [0.5, 0.6) is 0 Å². The summed E-state index contributed by atoms with van der Waals surface area (Å²) in [5, 5.41) is 0. The second-order valence-corrected chi connectivity index (χ2v) is 4.78. The molecule has 0 unspecified atom stereocenters. The summed E-state index contributed by atoms with van der Waals surface area (Å²) in [4.78, 5) is 7.10. The van der Waals surface area contributed by atoms with E-state index in [4.69, 9.17) is 4.84 Å². The van der Waals surface area contributed by atoms with Crippen LogP contribution in [0.3, 0.4) is 0 Å². The molecule has 2 aromatic carbocycles. The fraction of sp³-hybridized carbons (Fsp3) is 0.200. The fourth-order valence-corrected chi connectivity index (χ4v) is 2.30. The van der Waals surface area contributed by atoms with Crippen molar-refractivity contribution in [1.29, 1.82) is 0 Å². The highest BCUT2D eigenvalue weighted by atomic mass is 19.1. The third-order valence-corrected chi connectivity index (χ3v) is 3.25. The van der Waals surface area contributed by atoms with Gasteiger partial charge in [-0.25, -0.2) is 8.78 Å². The Morgan fingerprint density at radius 1 is 1.10 bits per heavy atom. The quantitative estimate of drug-likeness (QED) is 0.772. The van der Waals surface area contributed by atoms with E-state index in [1.807, 2.05) is 32.5 Å². The lowest BCUT2D eigenvalue weighted by molar-refractivity contribution is 0.185. The van der Waals surface area contributed by atoms with Gasteiger partial charge in [-0.1, -0.05) is 11.6 Å². The van der Waals surface area contributed by atoms with Gasteiger partial charge in [-0.3, -0.25) is 4.84 Å². The molecule has 0 atom stereocenters. The number of hydrogen-bond donors (Lipinski definition) is 0. The van der Waals surface area contributed by atoms with Gasteiger partial charge in [0.05, 0.1) is 12.3 Å². The summed E-state index contributed by atoms with van der Waals surface area (Å²) in [7, 11) is 1.89. The van der Waals surface area contributed by atoms with E-state index in [-0.39, 0.29) is 5.56 Å². The lowest BCUT2D eigenvalue weighted by atomic mass is 9.88. The molecule has 2 aromatic rings. The van der Waals surface area contributed by atoms with Crippen molar-refractivity contribution in [3.8, 4) is 11.1 Å². The smallest absolute Gasteiger partial charge is 0.288 e. The van der Waals surface area contributed by atoms with E-state index in [1.54, 1.807) is 4.97 Å². The third kappa shape index (κ3) is 2.41. The normalized spacial score (nSPS) is 14.4. The molecule has 20 heavy (non-hydrogen) atoms. The number of nitrogens with zero attached hydrogens (tertiary/aromatic N) is 1. The Balaban J connectivity index is 2.15. The highest BCUT2D eigenvalue weighted by Gasteiger charge is 2.20. The number of benzene rings is 2. The minimum atomic E-state index is -0.458. The van der Waals surface area contributed by atoms with Crippen molar-refractivity contribution in [2.24, 2.45) is 0 Å². The highest BCUT2D eigenvalue weighted by Crippen LogP contribution is 2.35. The largest absolute Gasteiger partial charge is 0.306 e. The third-order valence-electron chi connectivity index (χ3n) is 3.25. The summed E-state index contributed by atoms with van der Waals surface area (Å²) in [6, 6.07) is 9.09. The Labute approximate surface area is 117 Å². The molecule has 1 fully saturated rings. The lowest BCUT2D eigenvalue weighted by Gasteiger charge is -2.21. The molecule has 1 radical (unpaired) electrons. The molecule has 101 valence electrons. The van der Waals surface area contributed by atoms with Crippen molar-refractivity contribution in [2.75, 3.05) is 11.6 Å². The molecule has 0 N–H and O–H groups in total. The van der Waals surface area contributed by atoms with Crippen LogP contribution in [0.2, 0.25) is 6.32 Å². The maximum absolute atomic E-state index is 14.0. The van der Waals surface area contributed by atoms with Crippen molar-refractivity contribution in [1.82, 2.24) is 0 Å². The Bertz CT molecular complexity index is 642. The number of halogens is 2. The molecule has 1 saturated heterocycles. The van der Waals surface area contributed by atoms with Gasteiger partial charge in [-0.15, -0.1) is 0 Å². The monoisotopic (exact) mass is 272 g/mol. The van der Waals surface area contributed by atoms with E-state index in [1.165, 1.54) is 6.07 Å². The van der Waals surface area contributed by atoms with E-state index in [9.17, 15) is 8.78 Å². The van der Waals surface area contributed by atoms with Crippen LogP contribution in [0.25, 0.3) is 11.1 Å². The van der Waals surface area contributed by atoms with Crippen LogP contribution >= 0.6 is 0 Å². The van der Waals surface area contributed by atoms with E-state index in [2.05, 4.69) is 0 Å². The second-order valence-electron chi connectivity index (χ2n) is 4.78. The standard InChI is InChI=1S/C15H13BF2NO/c1-10-2-5-15(19-16-6-7-20-19)13(8-10)12-9-11(17)3-4-14(12)18/h2-5,8-9H,6-7H2,1H3. The molecule has 1 aliphatic rings. The first-order valence-corrected chi connectivity index (χ1v) is 6.47. The molecule has 0 bridgehead atoms. The first-order valence-electron chi connectivity index (χ1n) is 6.47. The second kappa shape index (κ2) is 5.25. The van der Waals surface area contributed by atoms with Gasteiger partial charge >= 0.3 is 0 Å². The van der Waals surface area contributed by atoms with E-state index < -0.39 is 11.6 Å². The zero-order valence-electron chi connectivity index (χ0n) is 11.1. The Morgan fingerprint density at radius 3 is 2.70 bits per heavy atom. The topological polar surface area (TPSA) is 12.5 Å². The van der Waals surface area contributed by atoms with Gasteiger partial charge in [0.15, 0.2) is 0 Å². The van der Waals surface area contributed by atoms with Crippen molar-refractivity contribution >= 4 is 13.1 Å². The van der Waals surface area contributed by atoms with Crippen molar-refractivity contribution in [3.05, 3.63) is 53.6 Å². The lowest BCUT2D eigenvalue weighted by Crippen LogP contribution is -2.20. The average Bonchev–Trinajstić information content (AvgIpc) is 2.95. The Morgan fingerprint density at radius 2 is 1.95 bits per heavy atom. The molecule has 2 nitrogen and oxygen atoms in total. The van der Waals surface area contributed by atoms with Gasteiger partial charge in [0, 0.05) is 11.1 Å². The van der Waals surface area contributed by atoms with Crippen molar-refractivity contribution in [3.63, 3.8) is 0 Å². The fourth-order valence-electron chi connectivity index (χ4n) is 2.30. The maximum Gasteiger partial charge on any atom is 0.288 e. The summed E-state index contributed by atoms with van der Waals surface area (Å²) >= 11 is 0. The molecule has 3 rings (SSSR count). The molecular weight excluding hydrogens is 259 g/mol. The summed E-state index contributed by atoms with van der Waals surface area (Å²) in [6.07, 6.45) is 0.805. The zero-order valence-corrected chi connectivity index (χ0v) is 11.1. The van der Waals surface area contributed by atoms with Gasteiger partial charge in [0.1, 0.15) is 11.6 Å². The van der Waals surface area contributed by atoms with Crippen LogP contribution < -0.4 is 4.97 Å². The molecular formula is C15H13BF2NO. The van der Waals surface area contributed by atoms with Crippen LogP contribution in [-0.2, 0) is 4.84 Å². The van der Waals surface area contributed by atoms with Crippen LogP contribution in [-0.4, -0.2) is 14.0 Å². The average molecular weight is 272 g/mol. The first-order chi connectivity index (χ1) is 9.65. The maximum atomic E-state index is 14.0. The number of rotatable bonds is 2. The number of anilines is 1. The molecule has 0 aromatic heterocycles. The first kappa shape index (κ1) is 13.1. The predicted molar refractivity (Wildman–Crippen MR) is 75.5 cm³/mol. The zero-order chi connectivity index (χ0) is 14.1. The van der Waals surface area contributed by atoms with E-state index in [0.717, 1.165) is 29.7 Å². The summed E-state index contributed by atoms with van der Waals surface area (Å²) in [5.74, 6) is -0.905. The van der Waals surface area contributed by atoms with Gasteiger partial charge in [-0.2, -0.15) is 0 Å². The number of aryl methyl sites for hydroxylation is 1. The Kier molecular flexibility index (Phi) is 3.44. The molecule has 0 spiro atoms. The Hall–Kier alpha value is -1.88. The summed E-state index contributed by atoms with van der Waals surface area (Å²) in [6.45, 7) is 2.51. The van der Waals surface area contributed by atoms with Crippen molar-refractivity contribution < 1.29 is 13.6 Å². The van der Waals surface area contributed by atoms with E-state index >= 15 is 0 Å². The summed E-state index contributed by atoms with van der Waals surface area (Å²) in [5.41, 5.74) is 2.57. The van der Waals surface area contributed by atoms with E-state index in [0.29, 0.717) is 12.2 Å². The van der Waals surface area contributed by atoms with Gasteiger partial charge in [0.2, 0.25) is 0 Å². The van der Waals surface area contributed by atoms with Gasteiger partial charge in [0.25, 0.3) is 7.41 Å².